The van der Waals surface area contributed by atoms with Gasteiger partial charge < -0.3 is 10.6 Å². The van der Waals surface area contributed by atoms with Crippen LogP contribution in [0.2, 0.25) is 5.02 Å². The van der Waals surface area contributed by atoms with E-state index in [-0.39, 0.29) is 27.3 Å². The van der Waals surface area contributed by atoms with Crippen LogP contribution < -0.4 is 10.6 Å². The van der Waals surface area contributed by atoms with Gasteiger partial charge in [-0.15, -0.1) is 0 Å². The van der Waals surface area contributed by atoms with Crippen molar-refractivity contribution in [3.63, 3.8) is 0 Å². The van der Waals surface area contributed by atoms with Gasteiger partial charge in [-0.3, -0.25) is 0 Å². The maximum Gasteiger partial charge on any atom is 0.410 e. The average Bonchev–Trinajstić information content (AvgIpc) is 3.24. The van der Waals surface area contributed by atoms with Crippen LogP contribution in [0.1, 0.15) is 18.4 Å². The van der Waals surface area contributed by atoms with E-state index in [9.17, 15) is 13.2 Å². The smallest absolute Gasteiger partial charge is 0.360 e. The van der Waals surface area contributed by atoms with E-state index < -0.39 is 18.1 Å². The Morgan fingerprint density at radius 1 is 1.32 bits per heavy atom. The number of alkyl halides is 3. The second kappa shape index (κ2) is 5.32. The van der Waals surface area contributed by atoms with Crippen molar-refractivity contribution in [2.75, 3.05) is 11.9 Å². The van der Waals surface area contributed by atoms with E-state index in [1.165, 1.54) is 18.2 Å². The van der Waals surface area contributed by atoms with E-state index in [0.717, 1.165) is 12.8 Å². The van der Waals surface area contributed by atoms with Gasteiger partial charge in [-0.2, -0.15) is 13.2 Å². The first-order valence-corrected chi connectivity index (χ1v) is 7.55. The van der Waals surface area contributed by atoms with Gasteiger partial charge in [-0.25, -0.2) is 0 Å². The maximum absolute atomic E-state index is 13.9. The molecular weight excluding hydrogens is 333 g/mol. The number of hydrogen-bond acceptors (Lipinski definition) is 1. The second-order valence-electron chi connectivity index (χ2n) is 5.44. The highest BCUT2D eigenvalue weighted by Crippen LogP contribution is 2.45. The number of benzene rings is 1. The lowest BCUT2D eigenvalue weighted by molar-refractivity contribution is -0.170. The van der Waals surface area contributed by atoms with Crippen LogP contribution in [0, 0.1) is 17.8 Å². The third kappa shape index (κ3) is 2.75. The standard InChI is InChI=1S/C15H12ClF3N2S/c16-10-3-4-12-11(7-10)14(15(17,18)19,6-5-9-1-2-9)8-20-13(22)21-12/h3-4,7,9H,1-2,8H2,(H2,20,21,22). The highest BCUT2D eigenvalue weighted by Gasteiger charge is 2.57. The van der Waals surface area contributed by atoms with Gasteiger partial charge in [0, 0.05) is 28.7 Å². The zero-order valence-corrected chi connectivity index (χ0v) is 12.9. The summed E-state index contributed by atoms with van der Waals surface area (Å²) in [4.78, 5) is 0. The molecule has 1 atom stereocenters. The summed E-state index contributed by atoms with van der Waals surface area (Å²) in [5, 5.41) is 5.75. The van der Waals surface area contributed by atoms with Crippen molar-refractivity contribution >= 4 is 34.6 Å². The van der Waals surface area contributed by atoms with Crippen LogP contribution in [0.25, 0.3) is 0 Å². The predicted octanol–water partition coefficient (Wildman–Crippen LogP) is 3.85. The summed E-state index contributed by atoms with van der Waals surface area (Å²) in [6.07, 6.45) is -2.84. The van der Waals surface area contributed by atoms with E-state index in [0.29, 0.717) is 0 Å². The van der Waals surface area contributed by atoms with Crippen molar-refractivity contribution in [2.45, 2.75) is 24.4 Å². The van der Waals surface area contributed by atoms with Gasteiger partial charge in [0.15, 0.2) is 10.5 Å². The van der Waals surface area contributed by atoms with Crippen molar-refractivity contribution in [3.8, 4) is 11.8 Å². The molecule has 1 aromatic rings. The molecule has 0 saturated heterocycles. The average molecular weight is 345 g/mol. The maximum atomic E-state index is 13.9. The molecule has 3 rings (SSSR count). The molecule has 1 saturated carbocycles. The van der Waals surface area contributed by atoms with Crippen molar-refractivity contribution in [3.05, 3.63) is 28.8 Å². The van der Waals surface area contributed by atoms with Gasteiger partial charge in [-0.1, -0.05) is 23.4 Å². The van der Waals surface area contributed by atoms with Crippen LogP contribution in [0.5, 0.6) is 0 Å². The SMILES string of the molecule is FC(F)(F)C1(C#CC2CC2)CNC(=S)Nc2ccc(Cl)cc21. The zero-order chi connectivity index (χ0) is 16.0. The summed E-state index contributed by atoms with van der Waals surface area (Å²) in [5.74, 6) is 5.30. The number of nitrogens with one attached hydrogen (secondary N) is 2. The number of fused-ring (bicyclic) bond motifs is 1. The predicted molar refractivity (Wildman–Crippen MR) is 83.9 cm³/mol. The highest BCUT2D eigenvalue weighted by atomic mass is 35.5. The largest absolute Gasteiger partial charge is 0.410 e. The van der Waals surface area contributed by atoms with Crippen LogP contribution in [0.4, 0.5) is 18.9 Å². The number of halogens is 4. The van der Waals surface area contributed by atoms with E-state index >= 15 is 0 Å². The Balaban J connectivity index is 2.22. The monoisotopic (exact) mass is 344 g/mol. The molecule has 1 fully saturated rings. The summed E-state index contributed by atoms with van der Waals surface area (Å²) in [6.45, 7) is -0.435. The molecule has 22 heavy (non-hydrogen) atoms. The zero-order valence-electron chi connectivity index (χ0n) is 11.4. The lowest BCUT2D eigenvalue weighted by Gasteiger charge is -2.31. The molecule has 2 nitrogen and oxygen atoms in total. The molecule has 2 N–H and O–H groups in total. The molecule has 0 spiro atoms. The van der Waals surface area contributed by atoms with Gasteiger partial charge in [0.1, 0.15) is 0 Å². The van der Waals surface area contributed by atoms with Crippen molar-refractivity contribution in [1.82, 2.24) is 5.32 Å². The summed E-state index contributed by atoms with van der Waals surface area (Å²) in [5.41, 5.74) is -2.04. The number of rotatable bonds is 0. The Morgan fingerprint density at radius 3 is 2.68 bits per heavy atom. The molecule has 0 aromatic heterocycles. The first-order valence-electron chi connectivity index (χ1n) is 6.76. The molecule has 7 heteroatoms. The van der Waals surface area contributed by atoms with Crippen molar-refractivity contribution < 1.29 is 13.2 Å². The molecule has 0 bridgehead atoms. The van der Waals surface area contributed by atoms with E-state index in [1.54, 1.807) is 0 Å². The summed E-state index contributed by atoms with van der Waals surface area (Å²) in [7, 11) is 0. The number of hydrogen-bond donors (Lipinski definition) is 2. The van der Waals surface area contributed by atoms with Crippen LogP contribution in [0.3, 0.4) is 0 Å². The van der Waals surface area contributed by atoms with Crippen LogP contribution in [0.15, 0.2) is 18.2 Å². The van der Waals surface area contributed by atoms with Gasteiger partial charge >= 0.3 is 6.18 Å². The van der Waals surface area contributed by atoms with E-state index in [1.807, 2.05) is 0 Å². The molecule has 1 aromatic carbocycles. The van der Waals surface area contributed by atoms with Gasteiger partial charge in [-0.05, 0) is 43.3 Å². The van der Waals surface area contributed by atoms with Gasteiger partial charge in [0.2, 0.25) is 0 Å². The highest BCUT2D eigenvalue weighted by molar-refractivity contribution is 7.80. The Hall–Kier alpha value is -1.45. The first-order chi connectivity index (χ1) is 10.3. The number of anilines is 1. The molecule has 1 aliphatic heterocycles. The minimum atomic E-state index is -4.55. The fraction of sp³-hybridized carbons (Fsp3) is 0.400. The van der Waals surface area contributed by atoms with E-state index in [4.69, 9.17) is 23.8 Å². The summed E-state index contributed by atoms with van der Waals surface area (Å²) >= 11 is 10.9. The van der Waals surface area contributed by atoms with Crippen molar-refractivity contribution in [2.24, 2.45) is 5.92 Å². The Bertz CT molecular complexity index is 688. The fourth-order valence-corrected chi connectivity index (χ4v) is 2.70. The second-order valence-corrected chi connectivity index (χ2v) is 6.29. The molecule has 2 aliphatic rings. The third-order valence-electron chi connectivity index (χ3n) is 3.75. The minimum absolute atomic E-state index is 0.00741. The first kappa shape index (κ1) is 15.4. The lowest BCUT2D eigenvalue weighted by Crippen LogP contribution is -2.48. The third-order valence-corrected chi connectivity index (χ3v) is 4.24. The fourth-order valence-electron chi connectivity index (χ4n) is 2.34. The molecule has 0 radical (unpaired) electrons. The van der Waals surface area contributed by atoms with Gasteiger partial charge in [0.05, 0.1) is 0 Å². The molecule has 1 heterocycles. The molecule has 0 amide bonds. The summed E-state index contributed by atoms with van der Waals surface area (Å²) in [6, 6.07) is 4.33. The molecule has 1 unspecified atom stereocenters. The quantitative estimate of drug-likeness (QED) is 0.552. The summed E-state index contributed by atoms with van der Waals surface area (Å²) < 4.78 is 41.8. The number of thiocarbonyl (C=S) groups is 1. The van der Waals surface area contributed by atoms with Crippen molar-refractivity contribution in [1.29, 1.82) is 0 Å². The topological polar surface area (TPSA) is 24.1 Å². The molecular formula is C15H12ClF3N2S. The normalized spacial score (nSPS) is 24.3. The molecule has 116 valence electrons. The minimum Gasteiger partial charge on any atom is -0.360 e. The van der Waals surface area contributed by atoms with Crippen LogP contribution in [-0.2, 0) is 5.41 Å². The van der Waals surface area contributed by atoms with Gasteiger partial charge in [0.25, 0.3) is 0 Å². The Labute approximate surface area is 136 Å². The molecule has 1 aliphatic carbocycles. The Kier molecular flexibility index (Phi) is 3.74. The Morgan fingerprint density at radius 2 is 2.05 bits per heavy atom. The van der Waals surface area contributed by atoms with Crippen LogP contribution >= 0.6 is 23.8 Å². The van der Waals surface area contributed by atoms with E-state index in [2.05, 4.69) is 22.5 Å². The lowest BCUT2D eigenvalue weighted by atomic mass is 9.79. The van der Waals surface area contributed by atoms with Crippen LogP contribution in [-0.4, -0.2) is 17.8 Å².